The smallest absolute Gasteiger partial charge is 0.136 e. The van der Waals surface area contributed by atoms with Gasteiger partial charge in [0.25, 0.3) is 0 Å². The molecule has 0 N–H and O–H groups in total. The number of ketones is 1. The quantitative estimate of drug-likeness (QED) is 0.628. The second kappa shape index (κ2) is 6.37. The van der Waals surface area contributed by atoms with Crippen LogP contribution in [0, 0.1) is 34.5 Å². The van der Waals surface area contributed by atoms with Gasteiger partial charge in [0.15, 0.2) is 0 Å². The molecule has 4 aliphatic carbocycles. The molecule has 0 spiro atoms. The molecule has 0 aliphatic heterocycles. The highest BCUT2D eigenvalue weighted by atomic mass is 16.1. The Morgan fingerprint density at radius 1 is 1.18 bits per heavy atom. The summed E-state index contributed by atoms with van der Waals surface area (Å²) >= 11 is 0. The second-order valence-electron chi connectivity index (χ2n) is 10.1. The van der Waals surface area contributed by atoms with Crippen molar-refractivity contribution in [2.45, 2.75) is 65.7 Å². The Morgan fingerprint density at radius 3 is 2.79 bits per heavy atom. The van der Waals surface area contributed by atoms with E-state index in [1.54, 1.807) is 6.33 Å². The van der Waals surface area contributed by atoms with Crippen molar-refractivity contribution >= 4 is 11.4 Å². The highest BCUT2D eigenvalue weighted by Crippen LogP contribution is 2.67. The first kappa shape index (κ1) is 18.3. The molecule has 2 fully saturated rings. The number of carbonyl (C=O) groups is 1. The molecule has 3 heteroatoms. The third kappa shape index (κ3) is 2.44. The van der Waals surface area contributed by atoms with Crippen molar-refractivity contribution in [3.05, 3.63) is 42.0 Å². The maximum absolute atomic E-state index is 12.2. The molecule has 3 nitrogen and oxygen atoms in total. The van der Waals surface area contributed by atoms with Gasteiger partial charge in [0, 0.05) is 19.0 Å². The number of aromatic nitrogens is 2. The summed E-state index contributed by atoms with van der Waals surface area (Å²) < 4.78 is 0. The van der Waals surface area contributed by atoms with Crippen LogP contribution >= 0.6 is 0 Å². The summed E-state index contributed by atoms with van der Waals surface area (Å²) in [5, 5.41) is 0. The number of allylic oxidation sites excluding steroid dienone is 4. The predicted molar refractivity (Wildman–Crippen MR) is 111 cm³/mol. The molecular weight excluding hydrogens is 344 g/mol. The fourth-order valence-electron chi connectivity index (χ4n) is 7.45. The zero-order chi connectivity index (χ0) is 19.5. The molecule has 0 saturated heterocycles. The van der Waals surface area contributed by atoms with E-state index in [0.717, 1.165) is 30.4 Å². The fraction of sp³-hybridized carbons (Fsp3) is 0.640. The van der Waals surface area contributed by atoms with Crippen LogP contribution in [0.15, 0.2) is 36.3 Å². The number of Topliss-reactive ketones (excluding diaryl/α,β-unsaturated/α-hetero) is 1. The van der Waals surface area contributed by atoms with Gasteiger partial charge in [0.1, 0.15) is 12.1 Å². The number of carbonyl (C=O) groups excluding carboxylic acids is 1. The van der Waals surface area contributed by atoms with E-state index in [-0.39, 0.29) is 10.8 Å². The number of nitrogens with zero attached hydrogens (tertiary/aromatic N) is 2. The normalized spacial score (nSPS) is 42.2. The van der Waals surface area contributed by atoms with Gasteiger partial charge in [-0.2, -0.15) is 0 Å². The largest absolute Gasteiger partial charge is 0.299 e. The van der Waals surface area contributed by atoms with Crippen molar-refractivity contribution in [3.63, 3.8) is 0 Å². The molecular formula is C25H32N2O. The molecule has 4 aliphatic rings. The van der Waals surface area contributed by atoms with E-state index >= 15 is 0 Å². The van der Waals surface area contributed by atoms with E-state index in [1.807, 2.05) is 6.20 Å². The van der Waals surface area contributed by atoms with Gasteiger partial charge in [-0.05, 0) is 78.2 Å². The molecule has 0 bridgehead atoms. The third-order valence-corrected chi connectivity index (χ3v) is 9.02. The zero-order valence-electron chi connectivity index (χ0n) is 17.4. The van der Waals surface area contributed by atoms with Crippen LogP contribution in [0.4, 0.5) is 0 Å². The fourth-order valence-corrected chi connectivity index (χ4v) is 7.45. The Labute approximate surface area is 168 Å². The van der Waals surface area contributed by atoms with Crippen LogP contribution in [-0.2, 0) is 4.79 Å². The lowest BCUT2D eigenvalue weighted by Gasteiger charge is -2.59. The first-order valence-electron chi connectivity index (χ1n) is 11.2. The lowest BCUT2D eigenvalue weighted by Crippen LogP contribution is -2.52. The highest BCUT2D eigenvalue weighted by Gasteiger charge is 2.58. The van der Waals surface area contributed by atoms with Gasteiger partial charge in [0.05, 0.1) is 5.69 Å². The maximum Gasteiger partial charge on any atom is 0.136 e. The zero-order valence-corrected chi connectivity index (χ0v) is 17.4. The summed E-state index contributed by atoms with van der Waals surface area (Å²) in [6, 6.07) is 2.08. The summed E-state index contributed by atoms with van der Waals surface area (Å²) in [6.07, 6.45) is 16.0. The third-order valence-electron chi connectivity index (χ3n) is 9.02. The van der Waals surface area contributed by atoms with Gasteiger partial charge in [-0.1, -0.05) is 38.5 Å². The first-order valence-corrected chi connectivity index (χ1v) is 11.2. The summed E-state index contributed by atoms with van der Waals surface area (Å²) in [4.78, 5) is 20.9. The molecule has 0 aromatic carbocycles. The van der Waals surface area contributed by atoms with E-state index in [2.05, 4.69) is 49.0 Å². The first-order chi connectivity index (χ1) is 13.5. The highest BCUT2D eigenvalue weighted by molar-refractivity contribution is 5.82. The summed E-state index contributed by atoms with van der Waals surface area (Å²) in [5.41, 5.74) is 4.50. The minimum absolute atomic E-state index is 0.217. The number of rotatable bonds is 2. The van der Waals surface area contributed by atoms with Crippen molar-refractivity contribution in [1.29, 1.82) is 0 Å². The molecule has 0 amide bonds. The van der Waals surface area contributed by atoms with Crippen molar-refractivity contribution in [3.8, 4) is 0 Å². The van der Waals surface area contributed by atoms with Crippen LogP contribution in [0.3, 0.4) is 0 Å². The summed E-state index contributed by atoms with van der Waals surface area (Å²) in [5.74, 6) is 3.20. The topological polar surface area (TPSA) is 42.9 Å². The van der Waals surface area contributed by atoms with Crippen LogP contribution in [0.2, 0.25) is 0 Å². The van der Waals surface area contributed by atoms with Crippen LogP contribution < -0.4 is 0 Å². The van der Waals surface area contributed by atoms with E-state index < -0.39 is 0 Å². The van der Waals surface area contributed by atoms with Crippen LogP contribution in [0.5, 0.6) is 0 Å². The number of fused-ring (bicyclic) bond motifs is 5. The van der Waals surface area contributed by atoms with Crippen LogP contribution in [0.25, 0.3) is 5.57 Å². The van der Waals surface area contributed by atoms with Gasteiger partial charge < -0.3 is 0 Å². The molecule has 28 heavy (non-hydrogen) atoms. The predicted octanol–water partition coefficient (Wildman–Crippen LogP) is 5.64. The van der Waals surface area contributed by atoms with Gasteiger partial charge in [0.2, 0.25) is 0 Å². The molecule has 1 aromatic rings. The lowest BCUT2D eigenvalue weighted by molar-refractivity contribution is -0.122. The Balaban J connectivity index is 1.54. The van der Waals surface area contributed by atoms with E-state index in [1.165, 1.54) is 36.8 Å². The second-order valence-corrected chi connectivity index (χ2v) is 10.1. The lowest BCUT2D eigenvalue weighted by atomic mass is 9.45. The number of hydrogen-bond acceptors (Lipinski definition) is 3. The Hall–Kier alpha value is -1.77. The summed E-state index contributed by atoms with van der Waals surface area (Å²) in [7, 11) is 0. The minimum atomic E-state index is 0.217. The van der Waals surface area contributed by atoms with Gasteiger partial charge in [-0.3, -0.25) is 4.79 Å². The molecule has 6 atom stereocenters. The SMILES string of the molecule is CC[C@@H]1C=C2CC(=O)CC[C@]2(C)[C@H]2CC[C@]3(C)C(c4ccncn4)=CC[C@H]3[C@H]12. The minimum Gasteiger partial charge on any atom is -0.299 e. The Bertz CT molecular complexity index is 857. The van der Waals surface area contributed by atoms with Crippen molar-refractivity contribution in [2.75, 3.05) is 0 Å². The van der Waals surface area contributed by atoms with Crippen LogP contribution in [0.1, 0.15) is 71.4 Å². The van der Waals surface area contributed by atoms with Crippen molar-refractivity contribution < 1.29 is 4.79 Å². The molecule has 5 rings (SSSR count). The monoisotopic (exact) mass is 376 g/mol. The molecule has 1 aromatic heterocycles. The standard InChI is InChI=1S/C25H32N2O/c1-4-16-13-17-14-18(28)7-10-24(17,2)21-8-11-25(3)19(5-6-20(25)23(16)21)22-9-12-26-15-27-22/h5,9,12-13,15-16,20-21,23H,4,6-8,10-11,14H2,1-3H3/t16-,20+,21+,23+,24+,25-/m1/s1. The van der Waals surface area contributed by atoms with Crippen molar-refractivity contribution in [2.24, 2.45) is 34.5 Å². The van der Waals surface area contributed by atoms with Gasteiger partial charge in [-0.15, -0.1) is 0 Å². The van der Waals surface area contributed by atoms with E-state index in [0.29, 0.717) is 24.0 Å². The molecule has 0 radical (unpaired) electrons. The molecule has 1 heterocycles. The maximum atomic E-state index is 12.2. The number of hydrogen-bond donors (Lipinski definition) is 0. The van der Waals surface area contributed by atoms with Crippen LogP contribution in [-0.4, -0.2) is 15.8 Å². The van der Waals surface area contributed by atoms with Gasteiger partial charge >= 0.3 is 0 Å². The van der Waals surface area contributed by atoms with Crippen molar-refractivity contribution in [1.82, 2.24) is 9.97 Å². The average molecular weight is 377 g/mol. The Kier molecular flexibility index (Phi) is 4.16. The van der Waals surface area contributed by atoms with Gasteiger partial charge in [-0.25, -0.2) is 9.97 Å². The van der Waals surface area contributed by atoms with E-state index in [9.17, 15) is 4.79 Å². The van der Waals surface area contributed by atoms with E-state index in [4.69, 9.17) is 0 Å². The molecule has 0 unspecified atom stereocenters. The Morgan fingerprint density at radius 2 is 2.04 bits per heavy atom. The molecule has 148 valence electrons. The average Bonchev–Trinajstić information content (AvgIpc) is 3.06. The summed E-state index contributed by atoms with van der Waals surface area (Å²) in [6.45, 7) is 7.31. The molecule has 2 saturated carbocycles.